The van der Waals surface area contributed by atoms with Crippen molar-refractivity contribution < 1.29 is 0 Å². The van der Waals surface area contributed by atoms with Crippen LogP contribution in [0.15, 0.2) is 66.7 Å². The number of nitrogens with two attached hydrogens (primary N) is 1. The lowest BCUT2D eigenvalue weighted by Gasteiger charge is -2.31. The van der Waals surface area contributed by atoms with E-state index in [9.17, 15) is 0 Å². The maximum atomic E-state index is 5.83. The highest BCUT2D eigenvalue weighted by Crippen LogP contribution is 2.31. The van der Waals surface area contributed by atoms with Crippen molar-refractivity contribution in [2.75, 3.05) is 11.4 Å². The van der Waals surface area contributed by atoms with Crippen molar-refractivity contribution in [2.45, 2.75) is 6.17 Å². The van der Waals surface area contributed by atoms with Gasteiger partial charge in [-0.3, -0.25) is 0 Å². The minimum Gasteiger partial charge on any atom is -0.328 e. The second-order valence-electron chi connectivity index (χ2n) is 4.12. The fourth-order valence-corrected chi connectivity index (χ4v) is 2.30. The van der Waals surface area contributed by atoms with Crippen molar-refractivity contribution in [1.29, 1.82) is 0 Å². The predicted molar refractivity (Wildman–Crippen MR) is 70.0 cm³/mol. The molecule has 2 heterocycles. The van der Waals surface area contributed by atoms with Crippen LogP contribution in [0.4, 0.5) is 5.69 Å². The molecule has 3 heteroatoms. The summed E-state index contributed by atoms with van der Waals surface area (Å²) in [4.78, 5) is 4.44. The Hall–Kier alpha value is -2.00. The summed E-state index contributed by atoms with van der Waals surface area (Å²) < 4.78 is 0. The number of hydrogen-bond donors (Lipinski definition) is 1. The summed E-state index contributed by atoms with van der Waals surface area (Å²) in [5.74, 6) is 0. The third-order valence-corrected chi connectivity index (χ3v) is 3.07. The SMILES string of the molecule is NCC1=CN2C=CC=CC2N1c1ccccc1. The van der Waals surface area contributed by atoms with E-state index in [0.29, 0.717) is 6.54 Å². The molecule has 3 nitrogen and oxygen atoms in total. The number of fused-ring (bicyclic) bond motifs is 1. The average Bonchev–Trinajstić information content (AvgIpc) is 2.78. The molecule has 1 aromatic rings. The van der Waals surface area contributed by atoms with Crippen LogP contribution in [0.5, 0.6) is 0 Å². The van der Waals surface area contributed by atoms with Crippen LogP contribution in [0.25, 0.3) is 0 Å². The molecule has 1 atom stereocenters. The van der Waals surface area contributed by atoms with E-state index in [-0.39, 0.29) is 6.17 Å². The zero-order chi connectivity index (χ0) is 11.7. The van der Waals surface area contributed by atoms with Crippen LogP contribution in [0.2, 0.25) is 0 Å². The van der Waals surface area contributed by atoms with E-state index >= 15 is 0 Å². The van der Waals surface area contributed by atoms with Crippen LogP contribution in [-0.4, -0.2) is 17.6 Å². The van der Waals surface area contributed by atoms with Gasteiger partial charge in [-0.15, -0.1) is 0 Å². The predicted octanol–water partition coefficient (Wildman–Crippen LogP) is 2.02. The van der Waals surface area contributed by atoms with Crippen molar-refractivity contribution in [3.63, 3.8) is 0 Å². The fraction of sp³-hybridized carbons (Fsp3) is 0.143. The standard InChI is InChI=1S/C14H15N3/c15-10-13-11-16-9-5-4-8-14(16)17(13)12-6-2-1-3-7-12/h1-9,11,14H,10,15H2. The van der Waals surface area contributed by atoms with E-state index < -0.39 is 0 Å². The van der Waals surface area contributed by atoms with Crippen LogP contribution in [0.1, 0.15) is 0 Å². The summed E-state index contributed by atoms with van der Waals surface area (Å²) in [6, 6.07) is 10.3. The largest absolute Gasteiger partial charge is 0.328 e. The van der Waals surface area contributed by atoms with E-state index in [1.165, 1.54) is 5.69 Å². The van der Waals surface area contributed by atoms with Crippen LogP contribution >= 0.6 is 0 Å². The van der Waals surface area contributed by atoms with Crippen molar-refractivity contribution in [3.05, 3.63) is 66.7 Å². The molecule has 3 rings (SSSR count). The highest BCUT2D eigenvalue weighted by Gasteiger charge is 2.30. The van der Waals surface area contributed by atoms with Crippen molar-refractivity contribution in [1.82, 2.24) is 4.90 Å². The monoisotopic (exact) mass is 225 g/mol. The van der Waals surface area contributed by atoms with Gasteiger partial charge < -0.3 is 15.5 Å². The molecule has 2 N–H and O–H groups in total. The van der Waals surface area contributed by atoms with E-state index in [4.69, 9.17) is 5.73 Å². The molecule has 2 aliphatic rings. The third kappa shape index (κ3) is 1.65. The molecule has 0 saturated carbocycles. The molecule has 17 heavy (non-hydrogen) atoms. The molecule has 2 aliphatic heterocycles. The number of hydrogen-bond acceptors (Lipinski definition) is 3. The Bertz CT molecular complexity index is 487. The van der Waals surface area contributed by atoms with E-state index in [2.05, 4.69) is 58.6 Å². The van der Waals surface area contributed by atoms with Gasteiger partial charge in [-0.2, -0.15) is 0 Å². The first kappa shape index (κ1) is 10.2. The smallest absolute Gasteiger partial charge is 0.129 e. The lowest BCUT2D eigenvalue weighted by atomic mass is 10.2. The second-order valence-corrected chi connectivity index (χ2v) is 4.12. The minimum absolute atomic E-state index is 0.223. The quantitative estimate of drug-likeness (QED) is 0.835. The molecule has 1 aromatic carbocycles. The van der Waals surface area contributed by atoms with Gasteiger partial charge >= 0.3 is 0 Å². The lowest BCUT2D eigenvalue weighted by molar-refractivity contribution is 0.454. The molecule has 0 aromatic heterocycles. The summed E-state index contributed by atoms with van der Waals surface area (Å²) in [5, 5.41) is 0. The number of rotatable bonds is 2. The normalized spacial score (nSPS) is 21.7. The van der Waals surface area contributed by atoms with Crippen LogP contribution in [0.3, 0.4) is 0 Å². The molecule has 0 bridgehead atoms. The summed E-state index contributed by atoms with van der Waals surface area (Å²) in [5.41, 5.74) is 8.14. The first-order chi connectivity index (χ1) is 8.40. The van der Waals surface area contributed by atoms with E-state index in [1.54, 1.807) is 0 Å². The van der Waals surface area contributed by atoms with Gasteiger partial charge in [-0.25, -0.2) is 0 Å². The Morgan fingerprint density at radius 3 is 2.71 bits per heavy atom. The van der Waals surface area contributed by atoms with Crippen LogP contribution < -0.4 is 10.6 Å². The molecule has 86 valence electrons. The maximum absolute atomic E-state index is 5.83. The Morgan fingerprint density at radius 1 is 1.12 bits per heavy atom. The Labute approximate surface area is 101 Å². The fourth-order valence-electron chi connectivity index (χ4n) is 2.30. The number of para-hydroxylation sites is 1. The van der Waals surface area contributed by atoms with E-state index in [1.807, 2.05) is 12.1 Å². The van der Waals surface area contributed by atoms with Crippen molar-refractivity contribution in [3.8, 4) is 0 Å². The molecule has 1 unspecified atom stereocenters. The summed E-state index contributed by atoms with van der Waals surface area (Å²) in [6.07, 6.45) is 10.7. The van der Waals surface area contributed by atoms with Gasteiger partial charge in [0.05, 0.1) is 5.70 Å². The van der Waals surface area contributed by atoms with Crippen LogP contribution in [0, 0.1) is 0 Å². The zero-order valence-corrected chi connectivity index (χ0v) is 9.53. The first-order valence-electron chi connectivity index (χ1n) is 5.77. The maximum Gasteiger partial charge on any atom is 0.129 e. The van der Waals surface area contributed by atoms with Gasteiger partial charge in [0.1, 0.15) is 6.17 Å². The summed E-state index contributed by atoms with van der Waals surface area (Å²) >= 11 is 0. The number of anilines is 1. The van der Waals surface area contributed by atoms with Gasteiger partial charge in [0.25, 0.3) is 0 Å². The van der Waals surface area contributed by atoms with Gasteiger partial charge in [-0.05, 0) is 24.3 Å². The molecule has 0 spiro atoms. The van der Waals surface area contributed by atoms with Crippen LogP contribution in [-0.2, 0) is 0 Å². The Balaban J connectivity index is 2.00. The highest BCUT2D eigenvalue weighted by atomic mass is 15.4. The second kappa shape index (κ2) is 4.11. The van der Waals surface area contributed by atoms with Gasteiger partial charge in [0.15, 0.2) is 0 Å². The van der Waals surface area contributed by atoms with E-state index in [0.717, 1.165) is 5.70 Å². The lowest BCUT2D eigenvalue weighted by Crippen LogP contribution is -2.38. The zero-order valence-electron chi connectivity index (χ0n) is 9.53. The topological polar surface area (TPSA) is 32.5 Å². The molecule has 0 radical (unpaired) electrons. The van der Waals surface area contributed by atoms with Crippen molar-refractivity contribution in [2.24, 2.45) is 5.73 Å². The van der Waals surface area contributed by atoms with Crippen molar-refractivity contribution >= 4 is 5.69 Å². The Kier molecular flexibility index (Phi) is 2.46. The number of nitrogens with zero attached hydrogens (tertiary/aromatic N) is 2. The van der Waals surface area contributed by atoms with Gasteiger partial charge in [-0.1, -0.05) is 24.3 Å². The molecular weight excluding hydrogens is 210 g/mol. The average molecular weight is 225 g/mol. The number of benzene rings is 1. The first-order valence-corrected chi connectivity index (χ1v) is 5.77. The molecule has 0 saturated heterocycles. The molecule has 0 fully saturated rings. The van der Waals surface area contributed by atoms with Gasteiger partial charge in [0.2, 0.25) is 0 Å². The third-order valence-electron chi connectivity index (χ3n) is 3.07. The molecule has 0 amide bonds. The Morgan fingerprint density at radius 2 is 1.94 bits per heavy atom. The highest BCUT2D eigenvalue weighted by molar-refractivity contribution is 5.57. The molecule has 0 aliphatic carbocycles. The summed E-state index contributed by atoms with van der Waals surface area (Å²) in [7, 11) is 0. The molecular formula is C14H15N3. The van der Waals surface area contributed by atoms with Gasteiger partial charge in [0, 0.05) is 24.6 Å². The minimum atomic E-state index is 0.223. The summed E-state index contributed by atoms with van der Waals surface area (Å²) in [6.45, 7) is 0.545. The number of allylic oxidation sites excluding steroid dienone is 2.